The number of rotatable bonds is 5. The molecule has 2 aliphatic rings. The van der Waals surface area contributed by atoms with E-state index in [2.05, 4.69) is 41.9 Å². The van der Waals surface area contributed by atoms with Crippen molar-refractivity contribution >= 4 is 63.2 Å². The fourth-order valence-electron chi connectivity index (χ4n) is 4.48. The average Bonchev–Trinajstić information content (AvgIpc) is 2.98. The van der Waals surface area contributed by atoms with Crippen LogP contribution in [0.1, 0.15) is 24.2 Å². The van der Waals surface area contributed by atoms with Crippen molar-refractivity contribution in [2.24, 2.45) is 4.99 Å². The van der Waals surface area contributed by atoms with Crippen LogP contribution in [-0.4, -0.2) is 26.7 Å². The molecule has 1 aliphatic heterocycles. The molecule has 2 N–H and O–H groups in total. The molecule has 9 heteroatoms. The second-order valence-corrected chi connectivity index (χ2v) is 11.2. The van der Waals surface area contributed by atoms with Gasteiger partial charge in [0.2, 0.25) is 0 Å². The fraction of sp³-hybridized carbons (Fsp3) is 0.0882. The Kier molecular flexibility index (Phi) is 9.31. The quantitative estimate of drug-likeness (QED) is 0.186. The lowest BCUT2D eigenvalue weighted by atomic mass is 10.1. The zero-order chi connectivity index (χ0) is 30.5. The van der Waals surface area contributed by atoms with E-state index < -0.39 is 5.97 Å². The maximum absolute atomic E-state index is 10.3. The van der Waals surface area contributed by atoms with Crippen molar-refractivity contribution in [1.82, 2.24) is 9.55 Å². The lowest BCUT2D eigenvalue weighted by Gasteiger charge is -2.20. The summed E-state index contributed by atoms with van der Waals surface area (Å²) in [5, 5.41) is 14.7. The number of carbonyl (C=O) groups is 1. The van der Waals surface area contributed by atoms with Crippen LogP contribution in [0.2, 0.25) is 15.1 Å². The van der Waals surface area contributed by atoms with Gasteiger partial charge in [-0.25, -0.2) is 9.78 Å². The van der Waals surface area contributed by atoms with Gasteiger partial charge in [0, 0.05) is 32.5 Å². The summed E-state index contributed by atoms with van der Waals surface area (Å²) in [6.45, 7) is 4.14. The predicted octanol–water partition coefficient (Wildman–Crippen LogP) is 9.53. The highest BCUT2D eigenvalue weighted by molar-refractivity contribution is 6.31. The average molecular weight is 630 g/mol. The molecule has 1 heterocycles. The van der Waals surface area contributed by atoms with Gasteiger partial charge in [0.1, 0.15) is 0 Å². The minimum Gasteiger partial charge on any atom is -0.478 e. The van der Waals surface area contributed by atoms with E-state index in [4.69, 9.17) is 49.9 Å². The number of aromatic carboxylic acids is 1. The maximum Gasteiger partial charge on any atom is 0.335 e. The van der Waals surface area contributed by atoms with Gasteiger partial charge in [0.15, 0.2) is 0 Å². The fourth-order valence-corrected chi connectivity index (χ4v) is 4.85. The summed E-state index contributed by atoms with van der Waals surface area (Å²) < 4.78 is 2.21. The number of hydrogen-bond acceptors (Lipinski definition) is 4. The smallest absolute Gasteiger partial charge is 0.335 e. The van der Waals surface area contributed by atoms with Crippen molar-refractivity contribution in [2.75, 3.05) is 5.32 Å². The molecule has 43 heavy (non-hydrogen) atoms. The Labute approximate surface area is 264 Å². The molecule has 0 bridgehead atoms. The van der Waals surface area contributed by atoms with Crippen LogP contribution in [0.15, 0.2) is 114 Å². The van der Waals surface area contributed by atoms with Crippen LogP contribution in [0.4, 0.5) is 11.4 Å². The molecule has 6 rings (SSSR count). The molecule has 4 aromatic rings. The summed E-state index contributed by atoms with van der Waals surface area (Å²) in [7, 11) is 0. The minimum absolute atomic E-state index is 0.130. The van der Waals surface area contributed by atoms with E-state index in [0.29, 0.717) is 15.1 Å². The summed E-state index contributed by atoms with van der Waals surface area (Å²) >= 11 is 17.8. The van der Waals surface area contributed by atoms with E-state index in [1.54, 1.807) is 12.1 Å². The molecule has 6 nitrogen and oxygen atoms in total. The molecular formula is C34H27Cl3N4O2. The topological polar surface area (TPSA) is 79.5 Å². The van der Waals surface area contributed by atoms with Crippen LogP contribution in [0, 0.1) is 0 Å². The van der Waals surface area contributed by atoms with E-state index in [0.717, 1.165) is 44.8 Å². The second kappa shape index (κ2) is 13.3. The molecular weight excluding hydrogens is 603 g/mol. The summed E-state index contributed by atoms with van der Waals surface area (Å²) in [6, 6.07) is 33.9. The number of nitrogens with zero attached hydrogens (tertiary/aromatic N) is 3. The Balaban J connectivity index is 0.000000314. The molecule has 0 saturated carbocycles. The van der Waals surface area contributed by atoms with E-state index in [1.165, 1.54) is 12.1 Å². The molecule has 0 spiro atoms. The normalized spacial score (nSPS) is 11.4. The number of benzene rings is 5. The second-order valence-electron chi connectivity index (χ2n) is 9.94. The Bertz CT molecular complexity index is 1920. The number of carboxylic acid groups (broad SMARTS) is 1. The zero-order valence-corrected chi connectivity index (χ0v) is 25.6. The zero-order valence-electron chi connectivity index (χ0n) is 23.3. The van der Waals surface area contributed by atoms with Crippen LogP contribution >= 0.6 is 34.8 Å². The lowest BCUT2D eigenvalue weighted by Crippen LogP contribution is -2.16. The Morgan fingerprint density at radius 2 is 1.40 bits per heavy atom. The van der Waals surface area contributed by atoms with Gasteiger partial charge < -0.3 is 15.0 Å². The van der Waals surface area contributed by atoms with Crippen molar-refractivity contribution < 1.29 is 9.90 Å². The highest BCUT2D eigenvalue weighted by Crippen LogP contribution is 2.31. The van der Waals surface area contributed by atoms with E-state index in [1.807, 2.05) is 66.7 Å². The first-order valence-corrected chi connectivity index (χ1v) is 14.6. The van der Waals surface area contributed by atoms with Gasteiger partial charge in [0.25, 0.3) is 0 Å². The van der Waals surface area contributed by atoms with E-state index in [9.17, 15) is 4.79 Å². The van der Waals surface area contributed by atoms with Crippen LogP contribution in [0.3, 0.4) is 0 Å². The highest BCUT2D eigenvalue weighted by atomic mass is 35.5. The number of fused-ring (bicyclic) bond motifs is 2. The van der Waals surface area contributed by atoms with Gasteiger partial charge >= 0.3 is 5.97 Å². The largest absolute Gasteiger partial charge is 0.478 e. The van der Waals surface area contributed by atoms with Gasteiger partial charge in [0.05, 0.1) is 39.0 Å². The van der Waals surface area contributed by atoms with Crippen molar-refractivity contribution in [3.05, 3.63) is 135 Å². The summed E-state index contributed by atoms with van der Waals surface area (Å²) in [5.74, 6) is -0.934. The van der Waals surface area contributed by atoms with Crippen molar-refractivity contribution in [3.63, 3.8) is 0 Å². The van der Waals surface area contributed by atoms with Gasteiger partial charge in [-0.2, -0.15) is 0 Å². The molecule has 0 saturated heterocycles. The van der Waals surface area contributed by atoms with Gasteiger partial charge in [-0.15, -0.1) is 0 Å². The first kappa shape index (κ1) is 30.1. The number of aromatic nitrogens is 2. The van der Waals surface area contributed by atoms with Crippen LogP contribution in [0.5, 0.6) is 0 Å². The van der Waals surface area contributed by atoms with Gasteiger partial charge in [-0.3, -0.25) is 4.99 Å². The summed E-state index contributed by atoms with van der Waals surface area (Å²) in [6.07, 6.45) is 0. The van der Waals surface area contributed by atoms with Gasteiger partial charge in [-0.1, -0.05) is 46.9 Å². The van der Waals surface area contributed by atoms with Gasteiger partial charge in [-0.05, 0) is 111 Å². The molecule has 0 unspecified atom stereocenters. The van der Waals surface area contributed by atoms with Crippen LogP contribution in [0.25, 0.3) is 28.1 Å². The minimum atomic E-state index is -0.934. The molecule has 0 radical (unpaired) electrons. The first-order valence-electron chi connectivity index (χ1n) is 13.4. The molecule has 0 atom stereocenters. The Morgan fingerprint density at radius 3 is 2.00 bits per heavy atom. The molecule has 216 valence electrons. The van der Waals surface area contributed by atoms with E-state index in [-0.39, 0.29) is 11.6 Å². The monoisotopic (exact) mass is 628 g/mol. The van der Waals surface area contributed by atoms with Crippen LogP contribution < -0.4 is 10.7 Å². The lowest BCUT2D eigenvalue weighted by molar-refractivity contribution is 0.0697. The van der Waals surface area contributed by atoms with Crippen molar-refractivity contribution in [1.29, 1.82) is 0 Å². The molecule has 0 fully saturated rings. The third-order valence-electron chi connectivity index (χ3n) is 6.39. The predicted molar refractivity (Wildman–Crippen MR) is 177 cm³/mol. The maximum atomic E-state index is 10.3. The standard InChI is InChI=1S/C27H22Cl2N4.C7H5ClO2/c1-17(2)30-24-16-27-25(15-23(24)31-20-11-7-18(28)8-12-20)32-22-5-3-4-6-26(22)33(27)21-13-9-19(29)10-14-21;8-6-3-1-5(2-4-6)7(9)10/h3-17,31H,1-2H3;1-4H,(H,9,10). The Hall–Kier alpha value is -4.36. The van der Waals surface area contributed by atoms with Crippen LogP contribution in [-0.2, 0) is 0 Å². The summed E-state index contributed by atoms with van der Waals surface area (Å²) in [4.78, 5) is 20.1. The molecule has 0 aromatic heterocycles. The van der Waals surface area contributed by atoms with E-state index >= 15 is 0 Å². The Morgan fingerprint density at radius 1 is 0.814 bits per heavy atom. The third-order valence-corrected chi connectivity index (χ3v) is 7.15. The SMILES string of the molecule is CC(C)N=c1cc2n(-c3ccc(Cl)cc3)c3ccccc3nc-2cc1Nc1ccc(Cl)cc1.O=C(O)c1ccc(Cl)cc1. The molecule has 1 aliphatic carbocycles. The molecule has 4 aromatic carbocycles. The summed E-state index contributed by atoms with van der Waals surface area (Å²) in [5.41, 5.74) is 6.85. The third kappa shape index (κ3) is 7.35. The molecule has 0 amide bonds. The number of carboxylic acids is 1. The first-order chi connectivity index (χ1) is 20.7. The number of para-hydroxylation sites is 2. The number of halogens is 3. The number of hydrogen-bond donors (Lipinski definition) is 2. The number of anilines is 2. The van der Waals surface area contributed by atoms with Crippen molar-refractivity contribution in [2.45, 2.75) is 19.9 Å². The van der Waals surface area contributed by atoms with Crippen molar-refractivity contribution in [3.8, 4) is 17.1 Å². The number of nitrogens with one attached hydrogen (secondary N) is 1. The highest BCUT2D eigenvalue weighted by Gasteiger charge is 2.17.